The molecule has 0 aliphatic carbocycles. The minimum Gasteiger partial charge on any atom is -0.330 e. The maximum atomic E-state index is 9.13. The second-order valence-electron chi connectivity index (χ2n) is 3.90. The first-order chi connectivity index (χ1) is 8.72. The van der Waals surface area contributed by atoms with Crippen LogP contribution in [0.15, 0.2) is 18.2 Å². The van der Waals surface area contributed by atoms with Crippen LogP contribution >= 0.6 is 34.7 Å². The summed E-state index contributed by atoms with van der Waals surface area (Å²) < 4.78 is 4.04. The van der Waals surface area contributed by atoms with Crippen molar-refractivity contribution in [3.63, 3.8) is 0 Å². The lowest BCUT2D eigenvalue weighted by Crippen LogP contribution is -2.12. The van der Waals surface area contributed by atoms with E-state index in [1.54, 1.807) is 0 Å². The first kappa shape index (κ1) is 11.8. The van der Waals surface area contributed by atoms with Gasteiger partial charge in [0.05, 0.1) is 0 Å². The van der Waals surface area contributed by atoms with Crippen molar-refractivity contribution in [3.8, 4) is 6.07 Å². The van der Waals surface area contributed by atoms with Crippen LogP contribution in [0, 0.1) is 11.3 Å². The Hall–Kier alpha value is -1.28. The predicted octanol–water partition coefficient (Wildman–Crippen LogP) is 4.02. The highest BCUT2D eigenvalue weighted by molar-refractivity contribution is 7.11. The molecule has 90 valence electrons. The molecule has 0 amide bonds. The third-order valence-corrected chi connectivity index (χ3v) is 4.56. The van der Waals surface area contributed by atoms with Gasteiger partial charge in [-0.1, -0.05) is 29.3 Å². The fourth-order valence-electron chi connectivity index (χ4n) is 2.14. The van der Waals surface area contributed by atoms with Gasteiger partial charge in [-0.3, -0.25) is 0 Å². The predicted molar refractivity (Wildman–Crippen MR) is 74.0 cm³/mol. The third-order valence-electron chi connectivity index (χ3n) is 2.96. The Morgan fingerprint density at radius 3 is 3.00 bits per heavy atom. The Bertz CT molecular complexity index is 660. The molecule has 18 heavy (non-hydrogen) atoms. The molecular weight excluding hydrogens is 289 g/mol. The quantitative estimate of drug-likeness (QED) is 0.798. The van der Waals surface area contributed by atoms with Crippen molar-refractivity contribution in [2.24, 2.45) is 0 Å². The molecule has 0 bridgehead atoms. The van der Waals surface area contributed by atoms with Crippen LogP contribution in [-0.2, 0) is 6.42 Å². The van der Waals surface area contributed by atoms with Crippen molar-refractivity contribution in [1.82, 2.24) is 4.37 Å². The normalized spacial score (nSPS) is 13.5. The topological polar surface area (TPSA) is 39.9 Å². The Kier molecular flexibility index (Phi) is 2.90. The second kappa shape index (κ2) is 4.43. The Balaban J connectivity index is 2.12. The summed E-state index contributed by atoms with van der Waals surface area (Å²) in [5.41, 5.74) is 2.60. The molecule has 2 heterocycles. The number of anilines is 2. The van der Waals surface area contributed by atoms with E-state index >= 15 is 0 Å². The van der Waals surface area contributed by atoms with Gasteiger partial charge in [-0.2, -0.15) is 9.64 Å². The number of hydrogen-bond acceptors (Lipinski definition) is 4. The zero-order chi connectivity index (χ0) is 12.7. The number of aromatic nitrogens is 1. The van der Waals surface area contributed by atoms with Crippen molar-refractivity contribution in [2.75, 3.05) is 11.4 Å². The molecule has 0 saturated carbocycles. The lowest BCUT2D eigenvalue weighted by Gasteiger charge is -2.17. The number of benzene rings is 1. The average Bonchev–Trinajstić information content (AvgIpc) is 2.93. The molecule has 1 aromatic carbocycles. The van der Waals surface area contributed by atoms with E-state index in [0.717, 1.165) is 34.2 Å². The molecule has 0 N–H and O–H groups in total. The molecule has 0 spiro atoms. The number of hydrogen-bond donors (Lipinski definition) is 0. The molecule has 0 unspecified atom stereocenters. The van der Waals surface area contributed by atoms with Gasteiger partial charge in [-0.05, 0) is 35.6 Å². The van der Waals surface area contributed by atoms with E-state index in [1.807, 2.05) is 18.2 Å². The molecule has 1 aliphatic rings. The van der Waals surface area contributed by atoms with Crippen LogP contribution in [-0.4, -0.2) is 10.9 Å². The lowest BCUT2D eigenvalue weighted by atomic mass is 10.2. The van der Waals surface area contributed by atoms with Gasteiger partial charge in [0.15, 0.2) is 5.15 Å². The van der Waals surface area contributed by atoms with Gasteiger partial charge in [-0.25, -0.2) is 0 Å². The molecule has 1 aromatic heterocycles. The fourth-order valence-corrected chi connectivity index (χ4v) is 3.48. The van der Waals surface area contributed by atoms with Crippen LogP contribution in [0.25, 0.3) is 0 Å². The Labute approximate surface area is 118 Å². The highest BCUT2D eigenvalue weighted by Gasteiger charge is 2.27. The number of fused-ring (bicyclic) bond motifs is 1. The number of nitrogens with zero attached hydrogens (tertiary/aromatic N) is 3. The Morgan fingerprint density at radius 1 is 1.39 bits per heavy atom. The van der Waals surface area contributed by atoms with Gasteiger partial charge in [-0.15, -0.1) is 0 Å². The van der Waals surface area contributed by atoms with Gasteiger partial charge in [0.25, 0.3) is 0 Å². The number of halogens is 2. The summed E-state index contributed by atoms with van der Waals surface area (Å²) in [6.45, 7) is 0.798. The van der Waals surface area contributed by atoms with E-state index in [1.165, 1.54) is 11.5 Å². The summed E-state index contributed by atoms with van der Waals surface area (Å²) in [6, 6.07) is 7.91. The first-order valence-electron chi connectivity index (χ1n) is 5.32. The molecule has 2 aromatic rings. The highest BCUT2D eigenvalue weighted by Crippen LogP contribution is 2.42. The van der Waals surface area contributed by atoms with Crippen LogP contribution in [0.2, 0.25) is 10.2 Å². The van der Waals surface area contributed by atoms with E-state index in [9.17, 15) is 0 Å². The van der Waals surface area contributed by atoms with E-state index in [4.69, 9.17) is 28.5 Å². The summed E-state index contributed by atoms with van der Waals surface area (Å²) in [5.74, 6) is 0. The van der Waals surface area contributed by atoms with E-state index in [2.05, 4.69) is 15.3 Å². The monoisotopic (exact) mass is 295 g/mol. The summed E-state index contributed by atoms with van der Waals surface area (Å²) in [5, 5.41) is 11.0. The third kappa shape index (κ3) is 1.67. The minimum absolute atomic E-state index is 0.271. The molecule has 3 nitrogen and oxygen atoms in total. The average molecular weight is 296 g/mol. The van der Waals surface area contributed by atoms with Crippen molar-refractivity contribution >= 4 is 45.4 Å². The smallest absolute Gasteiger partial charge is 0.162 e. The maximum absolute atomic E-state index is 9.13. The zero-order valence-electron chi connectivity index (χ0n) is 9.15. The van der Waals surface area contributed by atoms with Crippen LogP contribution in [0.1, 0.15) is 11.1 Å². The largest absolute Gasteiger partial charge is 0.330 e. The van der Waals surface area contributed by atoms with Crippen LogP contribution in [0.3, 0.4) is 0 Å². The van der Waals surface area contributed by atoms with E-state index < -0.39 is 0 Å². The van der Waals surface area contributed by atoms with Crippen molar-refractivity contribution in [3.05, 3.63) is 39.5 Å². The van der Waals surface area contributed by atoms with Crippen molar-refractivity contribution in [1.29, 1.82) is 5.26 Å². The fraction of sp³-hybridized carbons (Fsp3) is 0.167. The van der Waals surface area contributed by atoms with Crippen LogP contribution in [0.5, 0.6) is 0 Å². The molecule has 0 fully saturated rings. The summed E-state index contributed by atoms with van der Waals surface area (Å²) >= 11 is 13.3. The number of nitriles is 1. The van der Waals surface area contributed by atoms with Gasteiger partial charge >= 0.3 is 0 Å². The molecule has 0 radical (unpaired) electrons. The zero-order valence-corrected chi connectivity index (χ0v) is 11.5. The van der Waals surface area contributed by atoms with E-state index in [-0.39, 0.29) is 5.15 Å². The van der Waals surface area contributed by atoms with Crippen LogP contribution in [0.4, 0.5) is 10.7 Å². The molecule has 3 rings (SSSR count). The van der Waals surface area contributed by atoms with Crippen LogP contribution < -0.4 is 4.90 Å². The number of rotatable bonds is 1. The highest BCUT2D eigenvalue weighted by atomic mass is 35.5. The molecular formula is C12H7Cl2N3S. The first-order valence-corrected chi connectivity index (χ1v) is 6.85. The minimum atomic E-state index is 0.271. The van der Waals surface area contributed by atoms with Gasteiger partial charge in [0.1, 0.15) is 16.6 Å². The Morgan fingerprint density at radius 2 is 2.22 bits per heavy atom. The van der Waals surface area contributed by atoms with Gasteiger partial charge in [0.2, 0.25) is 0 Å². The summed E-state index contributed by atoms with van der Waals surface area (Å²) in [4.78, 5) is 2.06. The lowest BCUT2D eigenvalue weighted by molar-refractivity contribution is 1.01. The van der Waals surface area contributed by atoms with Gasteiger partial charge in [0, 0.05) is 17.3 Å². The van der Waals surface area contributed by atoms with Gasteiger partial charge < -0.3 is 4.90 Å². The van der Waals surface area contributed by atoms with Crippen molar-refractivity contribution < 1.29 is 0 Å². The SMILES string of the molecule is N#Cc1c(Cl)nsc1N1CCc2c(Cl)cccc21. The molecule has 0 saturated heterocycles. The summed E-state index contributed by atoms with van der Waals surface area (Å²) in [6.07, 6.45) is 0.870. The van der Waals surface area contributed by atoms with Crippen molar-refractivity contribution in [2.45, 2.75) is 6.42 Å². The maximum Gasteiger partial charge on any atom is 0.162 e. The standard InChI is InChI=1S/C12H7Cl2N3S/c13-9-2-1-3-10-7(9)4-5-17(10)12-8(6-15)11(14)16-18-12/h1-3H,4-5H2. The molecule has 0 atom stereocenters. The second-order valence-corrected chi connectivity index (χ2v) is 5.42. The summed E-state index contributed by atoms with van der Waals surface area (Å²) in [7, 11) is 0. The molecule has 1 aliphatic heterocycles. The van der Waals surface area contributed by atoms with E-state index in [0.29, 0.717) is 5.56 Å². The molecule has 6 heteroatoms.